The van der Waals surface area contributed by atoms with Crippen LogP contribution in [0, 0.1) is 10.1 Å². The predicted molar refractivity (Wildman–Crippen MR) is 104 cm³/mol. The molecule has 1 N–H and O–H groups in total. The van der Waals surface area contributed by atoms with Crippen molar-refractivity contribution in [3.8, 4) is 0 Å². The molecule has 1 aromatic carbocycles. The van der Waals surface area contributed by atoms with Crippen molar-refractivity contribution in [2.75, 3.05) is 14.1 Å². The minimum Gasteiger partial charge on any atom is -0.352 e. The summed E-state index contributed by atoms with van der Waals surface area (Å²) < 4.78 is 0. The van der Waals surface area contributed by atoms with Crippen LogP contribution < -0.4 is 5.32 Å². The Hall–Kier alpha value is -2.48. The number of hydrogen-bond acceptors (Lipinski definition) is 5. The molecule has 8 heteroatoms. The second kappa shape index (κ2) is 8.27. The van der Waals surface area contributed by atoms with E-state index in [9.17, 15) is 10.1 Å². The number of rotatable bonds is 5. The van der Waals surface area contributed by atoms with Crippen LogP contribution in [0.15, 0.2) is 29.3 Å². The number of thiazole rings is 1. The van der Waals surface area contributed by atoms with Gasteiger partial charge in [0.2, 0.25) is 0 Å². The lowest BCUT2D eigenvalue weighted by Gasteiger charge is -2.21. The molecule has 1 aromatic heterocycles. The normalized spacial score (nSPS) is 14.0. The predicted octanol–water partition coefficient (Wildman–Crippen LogP) is 3.14. The van der Waals surface area contributed by atoms with Gasteiger partial charge in [0.05, 0.1) is 17.2 Å². The third kappa shape index (κ3) is 4.37. The highest BCUT2D eigenvalue weighted by Gasteiger charge is 2.17. The van der Waals surface area contributed by atoms with E-state index >= 15 is 0 Å². The average Bonchev–Trinajstić information content (AvgIpc) is 3.04. The standard InChI is InChI=1S/C18H23N5O2S/c1-19-18(20-11-13-6-5-7-14(10-13)23(24)25)22(2)12-17-21-15-8-3-4-9-16(15)26-17/h5-7,10H,3-4,8-9,11-12H2,1-2H3,(H,19,20). The van der Waals surface area contributed by atoms with Gasteiger partial charge in [0.25, 0.3) is 5.69 Å². The van der Waals surface area contributed by atoms with Crippen molar-refractivity contribution in [2.24, 2.45) is 4.99 Å². The number of non-ortho nitro benzene ring substituents is 1. The van der Waals surface area contributed by atoms with Crippen molar-refractivity contribution in [3.05, 3.63) is 55.5 Å². The molecule has 0 unspecified atom stereocenters. The van der Waals surface area contributed by atoms with Crippen LogP contribution in [-0.2, 0) is 25.9 Å². The molecule has 7 nitrogen and oxygen atoms in total. The Labute approximate surface area is 156 Å². The van der Waals surface area contributed by atoms with Crippen LogP contribution in [0.5, 0.6) is 0 Å². The van der Waals surface area contributed by atoms with Gasteiger partial charge in [-0.2, -0.15) is 0 Å². The number of guanidine groups is 1. The van der Waals surface area contributed by atoms with E-state index in [-0.39, 0.29) is 10.6 Å². The lowest BCUT2D eigenvalue weighted by molar-refractivity contribution is -0.384. The highest BCUT2D eigenvalue weighted by molar-refractivity contribution is 7.11. The van der Waals surface area contributed by atoms with Gasteiger partial charge in [-0.1, -0.05) is 12.1 Å². The van der Waals surface area contributed by atoms with Crippen molar-refractivity contribution >= 4 is 23.0 Å². The van der Waals surface area contributed by atoms with Crippen LogP contribution in [0.3, 0.4) is 0 Å². The maximum atomic E-state index is 10.9. The summed E-state index contributed by atoms with van der Waals surface area (Å²) in [5.41, 5.74) is 2.21. The Morgan fingerprint density at radius 2 is 2.23 bits per heavy atom. The van der Waals surface area contributed by atoms with Gasteiger partial charge in [-0.15, -0.1) is 11.3 Å². The Kier molecular flexibility index (Phi) is 5.82. The first-order valence-electron chi connectivity index (χ1n) is 8.69. The van der Waals surface area contributed by atoms with Crippen LogP contribution in [0.4, 0.5) is 5.69 Å². The molecule has 0 amide bonds. The molecule has 0 saturated heterocycles. The SMILES string of the molecule is CN=C(NCc1cccc([N+](=O)[O-])c1)N(C)Cc1nc2c(s1)CCCC2. The number of fused-ring (bicyclic) bond motifs is 1. The average molecular weight is 373 g/mol. The number of nitrogens with one attached hydrogen (secondary N) is 1. The van der Waals surface area contributed by atoms with Crippen molar-refractivity contribution < 1.29 is 4.92 Å². The van der Waals surface area contributed by atoms with Gasteiger partial charge in [-0.25, -0.2) is 4.98 Å². The molecule has 1 aliphatic carbocycles. The van der Waals surface area contributed by atoms with Crippen molar-refractivity contribution in [2.45, 2.75) is 38.8 Å². The van der Waals surface area contributed by atoms with Crippen LogP contribution in [0.25, 0.3) is 0 Å². The second-order valence-electron chi connectivity index (χ2n) is 6.37. The largest absolute Gasteiger partial charge is 0.352 e. The zero-order chi connectivity index (χ0) is 18.5. The van der Waals surface area contributed by atoms with E-state index in [1.807, 2.05) is 18.0 Å². The van der Waals surface area contributed by atoms with Crippen molar-refractivity contribution in [1.29, 1.82) is 0 Å². The van der Waals surface area contributed by atoms with Crippen molar-refractivity contribution in [1.82, 2.24) is 15.2 Å². The van der Waals surface area contributed by atoms with Gasteiger partial charge in [0, 0.05) is 37.6 Å². The summed E-state index contributed by atoms with van der Waals surface area (Å²) in [4.78, 5) is 23.1. The number of nitrogens with zero attached hydrogens (tertiary/aromatic N) is 4. The minimum atomic E-state index is -0.380. The lowest BCUT2D eigenvalue weighted by Crippen LogP contribution is -2.38. The molecular formula is C18H23N5O2S. The Balaban J connectivity index is 1.60. The number of aromatic nitrogens is 1. The lowest BCUT2D eigenvalue weighted by atomic mass is 10.0. The summed E-state index contributed by atoms with van der Waals surface area (Å²) in [6.45, 7) is 1.18. The summed E-state index contributed by atoms with van der Waals surface area (Å²) in [5.74, 6) is 0.740. The molecule has 138 valence electrons. The first kappa shape index (κ1) is 18.3. The quantitative estimate of drug-likeness (QED) is 0.377. The van der Waals surface area contributed by atoms with Gasteiger partial charge in [0.1, 0.15) is 5.01 Å². The number of nitro benzene ring substituents is 1. The minimum absolute atomic E-state index is 0.0982. The van der Waals surface area contributed by atoms with Gasteiger partial charge in [-0.3, -0.25) is 15.1 Å². The zero-order valence-corrected chi connectivity index (χ0v) is 15.9. The molecule has 0 bridgehead atoms. The van der Waals surface area contributed by atoms with E-state index in [0.29, 0.717) is 13.1 Å². The number of aliphatic imine (C=N–C) groups is 1. The van der Waals surface area contributed by atoms with Gasteiger partial charge < -0.3 is 10.2 Å². The topological polar surface area (TPSA) is 83.7 Å². The Bertz CT molecular complexity index is 794. The van der Waals surface area contributed by atoms with Crippen LogP contribution >= 0.6 is 11.3 Å². The van der Waals surface area contributed by atoms with Gasteiger partial charge in [0.15, 0.2) is 5.96 Å². The van der Waals surface area contributed by atoms with Gasteiger partial charge >= 0.3 is 0 Å². The molecule has 0 atom stereocenters. The molecule has 0 fully saturated rings. The molecule has 0 aliphatic heterocycles. The third-order valence-electron chi connectivity index (χ3n) is 4.41. The molecule has 0 saturated carbocycles. The fraction of sp³-hybridized carbons (Fsp3) is 0.444. The maximum Gasteiger partial charge on any atom is 0.269 e. The number of nitro groups is 1. The summed E-state index contributed by atoms with van der Waals surface area (Å²) in [6.07, 6.45) is 4.74. The molecular weight excluding hydrogens is 350 g/mol. The second-order valence-corrected chi connectivity index (χ2v) is 7.54. The molecule has 1 heterocycles. The smallest absolute Gasteiger partial charge is 0.269 e. The maximum absolute atomic E-state index is 10.9. The summed E-state index contributed by atoms with van der Waals surface area (Å²) in [5, 5.41) is 15.3. The summed E-state index contributed by atoms with van der Waals surface area (Å²) in [6, 6.07) is 6.63. The molecule has 1 aliphatic rings. The zero-order valence-electron chi connectivity index (χ0n) is 15.1. The van der Waals surface area contributed by atoms with E-state index in [2.05, 4.69) is 10.3 Å². The number of hydrogen-bond donors (Lipinski definition) is 1. The molecule has 3 rings (SSSR count). The monoisotopic (exact) mass is 373 g/mol. The highest BCUT2D eigenvalue weighted by Crippen LogP contribution is 2.27. The van der Waals surface area contributed by atoms with Crippen molar-refractivity contribution in [3.63, 3.8) is 0 Å². The van der Waals surface area contributed by atoms with E-state index in [1.165, 1.54) is 29.5 Å². The molecule has 2 aromatic rings. The third-order valence-corrected chi connectivity index (χ3v) is 5.55. The molecule has 0 radical (unpaired) electrons. The number of aryl methyl sites for hydroxylation is 2. The van der Waals surface area contributed by atoms with E-state index < -0.39 is 0 Å². The van der Waals surface area contributed by atoms with Gasteiger partial charge in [-0.05, 0) is 31.2 Å². The number of benzene rings is 1. The Morgan fingerprint density at radius 3 is 2.96 bits per heavy atom. The summed E-state index contributed by atoms with van der Waals surface area (Å²) in [7, 11) is 3.71. The van der Waals surface area contributed by atoms with E-state index in [1.54, 1.807) is 30.5 Å². The highest BCUT2D eigenvalue weighted by atomic mass is 32.1. The first-order valence-corrected chi connectivity index (χ1v) is 9.51. The van der Waals surface area contributed by atoms with Crippen LogP contribution in [-0.4, -0.2) is 34.9 Å². The fourth-order valence-electron chi connectivity index (χ4n) is 3.10. The molecule has 26 heavy (non-hydrogen) atoms. The Morgan fingerprint density at radius 1 is 1.42 bits per heavy atom. The summed E-state index contributed by atoms with van der Waals surface area (Å²) >= 11 is 1.80. The molecule has 0 spiro atoms. The van der Waals surface area contributed by atoms with E-state index in [4.69, 9.17) is 4.98 Å². The van der Waals surface area contributed by atoms with Crippen LogP contribution in [0.1, 0.15) is 34.0 Å². The fourth-order valence-corrected chi connectivity index (χ4v) is 4.31. The van der Waals surface area contributed by atoms with Crippen LogP contribution in [0.2, 0.25) is 0 Å². The van der Waals surface area contributed by atoms with E-state index in [0.717, 1.165) is 29.4 Å². The first-order chi connectivity index (χ1) is 12.6.